The molecular formula is C29H34F6N6O2. The quantitative estimate of drug-likeness (QED) is 0.126. The Kier molecular flexibility index (Phi) is 8.98. The number of rotatable bonds is 4. The first-order valence-electron chi connectivity index (χ1n) is 13.8. The predicted octanol–water partition coefficient (Wildman–Crippen LogP) is 7.60. The van der Waals surface area contributed by atoms with E-state index in [-0.39, 0.29) is 24.1 Å². The molecule has 2 aromatic carbocycles. The standard InChI is InChI=1S/C29H34F6N6O2/c1-27(2,3)43-26(42)40-10-6-9-23(22-13-18-7-5-8-19(18)14-24(22)40)41(25(36)38-39-37-4)16-17-11-20(28(30,31)32)15-21(12-17)29(33,34)35/h11-15,23H,5-10,16H2,1-4H3,(H2,36,37,38)/t23-/m0/s1. The van der Waals surface area contributed by atoms with Gasteiger partial charge in [0.1, 0.15) is 5.60 Å². The van der Waals surface area contributed by atoms with Crippen molar-refractivity contribution >= 4 is 17.7 Å². The minimum absolute atomic E-state index is 0.0829. The van der Waals surface area contributed by atoms with Crippen LogP contribution in [-0.4, -0.2) is 36.1 Å². The van der Waals surface area contributed by atoms with Crippen molar-refractivity contribution in [1.29, 1.82) is 0 Å². The van der Waals surface area contributed by atoms with Crippen molar-refractivity contribution in [3.05, 3.63) is 63.7 Å². The van der Waals surface area contributed by atoms with E-state index in [9.17, 15) is 31.1 Å². The maximum atomic E-state index is 13.7. The molecule has 4 rings (SSSR count). The lowest BCUT2D eigenvalue weighted by Crippen LogP contribution is -2.40. The van der Waals surface area contributed by atoms with Crippen LogP contribution in [0.15, 0.2) is 45.8 Å². The van der Waals surface area contributed by atoms with E-state index in [1.165, 1.54) is 16.8 Å². The van der Waals surface area contributed by atoms with E-state index in [2.05, 4.69) is 15.4 Å². The Morgan fingerprint density at radius 1 is 0.977 bits per heavy atom. The molecule has 0 aromatic heterocycles. The lowest BCUT2D eigenvalue weighted by molar-refractivity contribution is -0.143. The summed E-state index contributed by atoms with van der Waals surface area (Å²) in [7, 11) is 1.34. The van der Waals surface area contributed by atoms with Crippen LogP contribution in [0, 0.1) is 0 Å². The van der Waals surface area contributed by atoms with Crippen molar-refractivity contribution < 1.29 is 35.9 Å². The molecule has 1 heterocycles. The first-order valence-corrected chi connectivity index (χ1v) is 13.8. The fourth-order valence-electron chi connectivity index (χ4n) is 5.49. The van der Waals surface area contributed by atoms with Gasteiger partial charge in [0.25, 0.3) is 0 Å². The van der Waals surface area contributed by atoms with Gasteiger partial charge in [-0.05, 0) is 105 Å². The summed E-state index contributed by atoms with van der Waals surface area (Å²) < 4.78 is 87.6. The number of alkyl halides is 6. The molecular weight excluding hydrogens is 578 g/mol. The summed E-state index contributed by atoms with van der Waals surface area (Å²) in [6, 6.07) is 4.62. The average Bonchev–Trinajstić information content (AvgIpc) is 3.27. The van der Waals surface area contributed by atoms with Crippen LogP contribution in [0.1, 0.15) is 79.5 Å². The molecule has 8 nitrogen and oxygen atoms in total. The van der Waals surface area contributed by atoms with Crippen molar-refractivity contribution in [2.75, 3.05) is 18.5 Å². The highest BCUT2D eigenvalue weighted by Crippen LogP contribution is 2.42. The number of aryl methyl sites for hydroxylation is 2. The minimum atomic E-state index is -5.01. The summed E-state index contributed by atoms with van der Waals surface area (Å²) >= 11 is 0. The molecule has 0 saturated heterocycles. The van der Waals surface area contributed by atoms with Gasteiger partial charge in [0.05, 0.1) is 29.9 Å². The fraction of sp³-hybridized carbons (Fsp3) is 0.517. The van der Waals surface area contributed by atoms with E-state index in [0.29, 0.717) is 36.2 Å². The second-order valence-corrected chi connectivity index (χ2v) is 11.6. The molecule has 0 fully saturated rings. The van der Waals surface area contributed by atoms with Gasteiger partial charge in [0.2, 0.25) is 5.96 Å². The zero-order valence-electron chi connectivity index (χ0n) is 24.3. The third kappa shape index (κ3) is 7.57. The molecule has 14 heteroatoms. The number of carbonyl (C=O) groups is 1. The summed E-state index contributed by atoms with van der Waals surface area (Å²) in [5, 5.41) is 11.0. The summed E-state index contributed by atoms with van der Waals surface area (Å²) in [6.07, 6.45) is -7.30. The highest BCUT2D eigenvalue weighted by Gasteiger charge is 2.38. The van der Waals surface area contributed by atoms with E-state index < -0.39 is 47.8 Å². The van der Waals surface area contributed by atoms with Crippen LogP contribution in [0.25, 0.3) is 0 Å². The summed E-state index contributed by atoms with van der Waals surface area (Å²) in [5.74, 6) is -0.251. The van der Waals surface area contributed by atoms with Gasteiger partial charge in [0, 0.05) is 13.1 Å². The van der Waals surface area contributed by atoms with Crippen LogP contribution in [0.4, 0.5) is 36.8 Å². The van der Waals surface area contributed by atoms with E-state index in [1.54, 1.807) is 20.8 Å². The number of carbonyl (C=O) groups excluding carboxylic acids is 1. The zero-order valence-corrected chi connectivity index (χ0v) is 24.3. The number of anilines is 1. The van der Waals surface area contributed by atoms with E-state index in [0.717, 1.165) is 30.4 Å². The molecule has 1 atom stereocenters. The molecule has 2 aromatic rings. The van der Waals surface area contributed by atoms with Crippen LogP contribution >= 0.6 is 0 Å². The SMILES string of the molecule is CN=NN=C(N)N(Cc1cc(C(F)(F)F)cc(C(F)(F)F)c1)[C@H]1CCCN(C(=O)OC(C)(C)C)c2cc3c(cc21)CCC3. The number of guanidine groups is 1. The summed E-state index contributed by atoms with van der Waals surface area (Å²) in [6.45, 7) is 5.08. The highest BCUT2D eigenvalue weighted by atomic mass is 19.4. The maximum Gasteiger partial charge on any atom is 0.416 e. The Bertz CT molecular complexity index is 1380. The average molecular weight is 613 g/mol. The molecule has 1 amide bonds. The molecule has 0 unspecified atom stereocenters. The van der Waals surface area contributed by atoms with Gasteiger partial charge in [-0.1, -0.05) is 11.2 Å². The molecule has 2 aliphatic rings. The van der Waals surface area contributed by atoms with Crippen LogP contribution in [0.2, 0.25) is 0 Å². The predicted molar refractivity (Wildman–Crippen MR) is 148 cm³/mol. The second-order valence-electron chi connectivity index (χ2n) is 11.6. The van der Waals surface area contributed by atoms with Crippen molar-refractivity contribution in [2.24, 2.45) is 21.2 Å². The lowest BCUT2D eigenvalue weighted by atomic mass is 9.95. The molecule has 2 N–H and O–H groups in total. The number of hydrogen-bond acceptors (Lipinski definition) is 4. The van der Waals surface area contributed by atoms with E-state index in [1.807, 2.05) is 12.1 Å². The van der Waals surface area contributed by atoms with Gasteiger partial charge >= 0.3 is 18.4 Å². The Balaban J connectivity index is 1.87. The summed E-state index contributed by atoms with van der Waals surface area (Å²) in [5.41, 5.74) is 5.69. The molecule has 234 valence electrons. The number of halogens is 6. The van der Waals surface area contributed by atoms with Crippen LogP contribution in [0.5, 0.6) is 0 Å². The molecule has 0 bridgehead atoms. The molecule has 0 saturated carbocycles. The van der Waals surface area contributed by atoms with E-state index in [4.69, 9.17) is 10.5 Å². The Hall–Kier alpha value is -3.84. The maximum absolute atomic E-state index is 13.7. The Labute approximate surface area is 245 Å². The second kappa shape index (κ2) is 12.0. The van der Waals surface area contributed by atoms with E-state index >= 15 is 0 Å². The minimum Gasteiger partial charge on any atom is -0.443 e. The summed E-state index contributed by atoms with van der Waals surface area (Å²) in [4.78, 5) is 16.3. The molecule has 1 aliphatic carbocycles. The van der Waals surface area contributed by atoms with Crippen molar-refractivity contribution in [1.82, 2.24) is 4.90 Å². The van der Waals surface area contributed by atoms with Gasteiger partial charge in [-0.2, -0.15) is 31.5 Å². The lowest BCUT2D eigenvalue weighted by Gasteiger charge is -2.34. The van der Waals surface area contributed by atoms with Crippen molar-refractivity contribution in [3.8, 4) is 0 Å². The monoisotopic (exact) mass is 612 g/mol. The molecule has 1 aliphatic heterocycles. The number of hydrogen-bond donors (Lipinski definition) is 1. The Morgan fingerprint density at radius 3 is 2.14 bits per heavy atom. The van der Waals surface area contributed by atoms with Crippen LogP contribution in [-0.2, 0) is 36.5 Å². The smallest absolute Gasteiger partial charge is 0.416 e. The number of amides is 1. The zero-order chi connectivity index (χ0) is 31.7. The number of ether oxygens (including phenoxy) is 1. The first kappa shape index (κ1) is 32.1. The van der Waals surface area contributed by atoms with Gasteiger partial charge in [-0.15, -0.1) is 0 Å². The van der Waals surface area contributed by atoms with Gasteiger partial charge < -0.3 is 15.4 Å². The normalized spacial score (nSPS) is 18.0. The van der Waals surface area contributed by atoms with Crippen LogP contribution in [0.3, 0.4) is 0 Å². The molecule has 43 heavy (non-hydrogen) atoms. The van der Waals surface area contributed by atoms with Crippen molar-refractivity contribution in [2.45, 2.75) is 83.4 Å². The van der Waals surface area contributed by atoms with Gasteiger partial charge in [-0.3, -0.25) is 4.90 Å². The molecule has 0 spiro atoms. The number of nitrogens with two attached hydrogens (primary N) is 1. The van der Waals surface area contributed by atoms with Gasteiger partial charge in [-0.25, -0.2) is 4.79 Å². The van der Waals surface area contributed by atoms with Crippen molar-refractivity contribution in [3.63, 3.8) is 0 Å². The largest absolute Gasteiger partial charge is 0.443 e. The highest BCUT2D eigenvalue weighted by molar-refractivity contribution is 5.90. The fourth-order valence-corrected chi connectivity index (χ4v) is 5.49. The number of nitrogens with zero attached hydrogens (tertiary/aromatic N) is 5. The van der Waals surface area contributed by atoms with Gasteiger partial charge in [0.15, 0.2) is 0 Å². The number of fused-ring (bicyclic) bond motifs is 2. The topological polar surface area (TPSA) is 95.9 Å². The third-order valence-electron chi connectivity index (χ3n) is 7.27. The molecule has 0 radical (unpaired) electrons. The first-order chi connectivity index (χ1) is 20.0. The number of benzene rings is 2. The Morgan fingerprint density at radius 2 is 1.58 bits per heavy atom. The third-order valence-corrected chi connectivity index (χ3v) is 7.27. The van der Waals surface area contributed by atoms with Crippen LogP contribution < -0.4 is 10.6 Å².